The predicted molar refractivity (Wildman–Crippen MR) is 107 cm³/mol. The van der Waals surface area contributed by atoms with Gasteiger partial charge in [0.15, 0.2) is 0 Å². The molecule has 0 bridgehead atoms. The number of benzene rings is 2. The van der Waals surface area contributed by atoms with Crippen molar-refractivity contribution in [3.63, 3.8) is 0 Å². The molecule has 7 heteroatoms. The Bertz CT molecular complexity index is 735. The number of aliphatic carboxylic acids is 1. The first kappa shape index (κ1) is 20.2. The van der Waals surface area contributed by atoms with Gasteiger partial charge in [-0.3, -0.25) is 9.59 Å². The number of thioether (sulfide) groups is 2. The molecule has 0 aliphatic heterocycles. The van der Waals surface area contributed by atoms with E-state index in [2.05, 4.69) is 5.32 Å². The summed E-state index contributed by atoms with van der Waals surface area (Å²) >= 11 is 3.03. The number of carboxylic acids is 1. The lowest BCUT2D eigenvalue weighted by atomic mass is 10.2. The van der Waals surface area contributed by atoms with E-state index in [1.54, 1.807) is 18.9 Å². The quantitative estimate of drug-likeness (QED) is 0.468. The number of carboxylic acid groups (broad SMARTS) is 1. The minimum absolute atomic E-state index is 0.0681. The van der Waals surface area contributed by atoms with Crippen molar-refractivity contribution in [2.75, 3.05) is 23.9 Å². The first-order valence-corrected chi connectivity index (χ1v) is 10.2. The van der Waals surface area contributed by atoms with Crippen LogP contribution in [0.4, 0.5) is 5.69 Å². The molecule has 0 aromatic heterocycles. The van der Waals surface area contributed by atoms with Crippen LogP contribution in [-0.2, 0) is 15.3 Å². The van der Waals surface area contributed by atoms with E-state index in [0.29, 0.717) is 11.5 Å². The molecule has 1 amide bonds. The molecule has 0 saturated heterocycles. The molecule has 0 atom stereocenters. The fraction of sp³-hybridized carbons (Fsp3) is 0.263. The van der Waals surface area contributed by atoms with Crippen molar-refractivity contribution < 1.29 is 19.4 Å². The largest absolute Gasteiger partial charge is 0.497 e. The van der Waals surface area contributed by atoms with Gasteiger partial charge in [-0.1, -0.05) is 12.1 Å². The molecule has 2 aromatic rings. The van der Waals surface area contributed by atoms with Gasteiger partial charge in [0.2, 0.25) is 5.91 Å². The molecule has 2 aromatic carbocycles. The Kier molecular flexibility index (Phi) is 8.37. The Labute approximate surface area is 161 Å². The summed E-state index contributed by atoms with van der Waals surface area (Å²) in [7, 11) is 1.62. The van der Waals surface area contributed by atoms with E-state index < -0.39 is 5.97 Å². The number of ether oxygens (including phenoxy) is 1. The molecule has 0 heterocycles. The predicted octanol–water partition coefficient (Wildman–Crippen LogP) is 4.13. The van der Waals surface area contributed by atoms with Crippen molar-refractivity contribution in [1.29, 1.82) is 0 Å². The lowest BCUT2D eigenvalue weighted by Crippen LogP contribution is -2.14. The topological polar surface area (TPSA) is 75.6 Å². The Balaban J connectivity index is 1.78. The van der Waals surface area contributed by atoms with Crippen LogP contribution in [0.3, 0.4) is 0 Å². The molecule has 0 fully saturated rings. The maximum Gasteiger partial charge on any atom is 0.304 e. The van der Waals surface area contributed by atoms with Crippen molar-refractivity contribution in [2.45, 2.75) is 17.1 Å². The molecule has 5 nitrogen and oxygen atoms in total. The number of rotatable bonds is 10. The molecule has 0 radical (unpaired) electrons. The lowest BCUT2D eigenvalue weighted by molar-refractivity contribution is -0.136. The summed E-state index contributed by atoms with van der Waals surface area (Å²) in [6.07, 6.45) is 0.156. The van der Waals surface area contributed by atoms with E-state index >= 15 is 0 Å². The highest BCUT2D eigenvalue weighted by Crippen LogP contribution is 2.22. The van der Waals surface area contributed by atoms with Crippen molar-refractivity contribution in [2.24, 2.45) is 0 Å². The number of hydrogen-bond acceptors (Lipinski definition) is 5. The maximum atomic E-state index is 12.1. The van der Waals surface area contributed by atoms with Gasteiger partial charge in [-0.15, -0.1) is 11.8 Å². The van der Waals surface area contributed by atoms with Crippen LogP contribution in [-0.4, -0.2) is 35.6 Å². The first-order valence-electron chi connectivity index (χ1n) is 8.02. The van der Waals surface area contributed by atoms with Crippen LogP contribution in [0.25, 0.3) is 0 Å². The van der Waals surface area contributed by atoms with Crippen LogP contribution < -0.4 is 10.1 Å². The molecule has 0 aliphatic rings. The summed E-state index contributed by atoms with van der Waals surface area (Å²) in [5.41, 5.74) is 1.81. The number of carbonyl (C=O) groups is 2. The number of anilines is 1. The zero-order chi connectivity index (χ0) is 18.8. The van der Waals surface area contributed by atoms with Crippen LogP contribution >= 0.6 is 23.5 Å². The Morgan fingerprint density at radius 2 is 1.92 bits per heavy atom. The minimum Gasteiger partial charge on any atom is -0.497 e. The summed E-state index contributed by atoms with van der Waals surface area (Å²) in [5, 5.41) is 11.5. The summed E-state index contributed by atoms with van der Waals surface area (Å²) < 4.78 is 5.11. The highest BCUT2D eigenvalue weighted by molar-refractivity contribution is 8.00. The molecule has 0 spiro atoms. The molecule has 0 saturated carbocycles. The fourth-order valence-electron chi connectivity index (χ4n) is 2.11. The molecular formula is C19H21NO4S2. The molecule has 2 N–H and O–H groups in total. The van der Waals surface area contributed by atoms with Gasteiger partial charge in [-0.25, -0.2) is 0 Å². The summed E-state index contributed by atoms with van der Waals surface area (Å²) in [4.78, 5) is 23.6. The van der Waals surface area contributed by atoms with Crippen LogP contribution in [0.5, 0.6) is 5.75 Å². The van der Waals surface area contributed by atoms with Gasteiger partial charge in [0.25, 0.3) is 0 Å². The van der Waals surface area contributed by atoms with Gasteiger partial charge in [-0.2, -0.15) is 11.8 Å². The fourth-order valence-corrected chi connectivity index (χ4v) is 3.68. The van der Waals surface area contributed by atoms with Crippen molar-refractivity contribution >= 4 is 41.1 Å². The average molecular weight is 392 g/mol. The van der Waals surface area contributed by atoms with E-state index in [1.807, 2.05) is 48.5 Å². The minimum atomic E-state index is -0.784. The Morgan fingerprint density at radius 1 is 1.15 bits per heavy atom. The highest BCUT2D eigenvalue weighted by Gasteiger charge is 2.05. The Morgan fingerprint density at radius 3 is 2.62 bits per heavy atom. The van der Waals surface area contributed by atoms with Crippen LogP contribution in [0.1, 0.15) is 12.0 Å². The standard InChI is InChI=1S/C19H21NO4S2/c1-24-16-5-7-17(8-6-16)26-13-18(21)20-15-4-2-3-14(11-15)12-25-10-9-19(22)23/h2-8,11H,9-10,12-13H2,1H3,(H,20,21)(H,22,23). The smallest absolute Gasteiger partial charge is 0.304 e. The van der Waals surface area contributed by atoms with Crippen LogP contribution in [0.2, 0.25) is 0 Å². The number of methoxy groups -OCH3 is 1. The van der Waals surface area contributed by atoms with Gasteiger partial charge in [0.1, 0.15) is 5.75 Å². The SMILES string of the molecule is COc1ccc(SCC(=O)Nc2cccc(CSCCC(=O)O)c2)cc1. The summed E-state index contributed by atoms with van der Waals surface area (Å²) in [6, 6.07) is 15.2. The third kappa shape index (κ3) is 7.41. The third-order valence-electron chi connectivity index (χ3n) is 3.37. The molecule has 2 rings (SSSR count). The first-order chi connectivity index (χ1) is 12.6. The second-order valence-corrected chi connectivity index (χ2v) is 7.56. The summed E-state index contributed by atoms with van der Waals surface area (Å²) in [5.74, 6) is 1.55. The monoisotopic (exact) mass is 391 g/mol. The second-order valence-electron chi connectivity index (χ2n) is 5.41. The number of hydrogen-bond donors (Lipinski definition) is 2. The van der Waals surface area contributed by atoms with E-state index in [9.17, 15) is 9.59 Å². The van der Waals surface area contributed by atoms with Crippen molar-refractivity contribution in [3.8, 4) is 5.75 Å². The van der Waals surface area contributed by atoms with Gasteiger partial charge in [0.05, 0.1) is 19.3 Å². The summed E-state index contributed by atoms with van der Waals surface area (Å²) in [6.45, 7) is 0. The van der Waals surface area contributed by atoms with Gasteiger partial charge in [-0.05, 0) is 42.0 Å². The molecule has 26 heavy (non-hydrogen) atoms. The van der Waals surface area contributed by atoms with E-state index in [-0.39, 0.29) is 12.3 Å². The van der Waals surface area contributed by atoms with Gasteiger partial charge < -0.3 is 15.2 Å². The van der Waals surface area contributed by atoms with E-state index in [4.69, 9.17) is 9.84 Å². The zero-order valence-corrected chi connectivity index (χ0v) is 16.1. The lowest BCUT2D eigenvalue weighted by Gasteiger charge is -2.08. The normalized spacial score (nSPS) is 10.3. The second kappa shape index (κ2) is 10.8. The number of amides is 1. The van der Waals surface area contributed by atoms with Crippen molar-refractivity contribution in [1.82, 2.24) is 0 Å². The average Bonchev–Trinajstić information content (AvgIpc) is 2.64. The van der Waals surface area contributed by atoms with Crippen molar-refractivity contribution in [3.05, 3.63) is 54.1 Å². The molecular weight excluding hydrogens is 370 g/mol. The number of carbonyl (C=O) groups excluding carboxylic acids is 1. The molecule has 0 aliphatic carbocycles. The zero-order valence-electron chi connectivity index (χ0n) is 14.4. The van der Waals surface area contributed by atoms with E-state index in [1.165, 1.54) is 11.8 Å². The van der Waals surface area contributed by atoms with Gasteiger partial charge >= 0.3 is 5.97 Å². The van der Waals surface area contributed by atoms with Crippen LogP contribution in [0.15, 0.2) is 53.4 Å². The van der Waals surface area contributed by atoms with E-state index in [0.717, 1.165) is 27.6 Å². The van der Waals surface area contributed by atoms with Crippen LogP contribution in [0, 0.1) is 0 Å². The molecule has 138 valence electrons. The van der Waals surface area contributed by atoms with Gasteiger partial charge in [0, 0.05) is 22.1 Å². The molecule has 0 unspecified atom stereocenters. The highest BCUT2D eigenvalue weighted by atomic mass is 32.2. The third-order valence-corrected chi connectivity index (χ3v) is 5.41. The number of nitrogens with one attached hydrogen (secondary N) is 1. The Hall–Kier alpha value is -2.12. The maximum absolute atomic E-state index is 12.1.